The first-order valence-corrected chi connectivity index (χ1v) is 6.56. The van der Waals surface area contributed by atoms with Crippen LogP contribution in [0.2, 0.25) is 0 Å². The van der Waals surface area contributed by atoms with Crippen LogP contribution in [0.3, 0.4) is 0 Å². The number of alkyl halides is 3. The van der Waals surface area contributed by atoms with E-state index in [0.717, 1.165) is 19.2 Å². The third kappa shape index (κ3) is 4.20. The average molecular weight is 368 g/mol. The van der Waals surface area contributed by atoms with Crippen molar-refractivity contribution in [2.24, 2.45) is 0 Å². The summed E-state index contributed by atoms with van der Waals surface area (Å²) in [4.78, 5) is 23.5. The lowest BCUT2D eigenvalue weighted by Crippen LogP contribution is -2.50. The molecule has 0 saturated heterocycles. The summed E-state index contributed by atoms with van der Waals surface area (Å²) in [5, 5.41) is 2.23. The SMILES string of the molecule is COC(=O)C(C)(C)NC(=O)c1ccc(Br)cc1C(F)(F)F. The number of amides is 1. The van der Waals surface area contributed by atoms with Crippen molar-refractivity contribution in [2.75, 3.05) is 7.11 Å². The van der Waals surface area contributed by atoms with E-state index in [2.05, 4.69) is 26.0 Å². The zero-order valence-corrected chi connectivity index (χ0v) is 13.1. The third-order valence-electron chi connectivity index (χ3n) is 2.65. The quantitative estimate of drug-likeness (QED) is 0.835. The van der Waals surface area contributed by atoms with Crippen LogP contribution in [0.4, 0.5) is 13.2 Å². The molecule has 0 heterocycles. The number of carbonyl (C=O) groups is 2. The molecule has 1 amide bonds. The van der Waals surface area contributed by atoms with Gasteiger partial charge in [0.2, 0.25) is 0 Å². The molecule has 4 nitrogen and oxygen atoms in total. The van der Waals surface area contributed by atoms with Crippen molar-refractivity contribution in [1.29, 1.82) is 0 Å². The van der Waals surface area contributed by atoms with Crippen LogP contribution in [0.5, 0.6) is 0 Å². The van der Waals surface area contributed by atoms with E-state index in [0.29, 0.717) is 0 Å². The minimum atomic E-state index is -4.69. The van der Waals surface area contributed by atoms with Crippen molar-refractivity contribution in [1.82, 2.24) is 5.32 Å². The number of carbonyl (C=O) groups excluding carboxylic acids is 2. The van der Waals surface area contributed by atoms with Crippen LogP contribution < -0.4 is 5.32 Å². The highest BCUT2D eigenvalue weighted by molar-refractivity contribution is 9.10. The lowest BCUT2D eigenvalue weighted by Gasteiger charge is -2.24. The molecule has 0 aliphatic rings. The van der Waals surface area contributed by atoms with Crippen LogP contribution in [0.15, 0.2) is 22.7 Å². The molecule has 0 spiro atoms. The fourth-order valence-electron chi connectivity index (χ4n) is 1.61. The predicted octanol–water partition coefficient (Wildman–Crippen LogP) is 3.15. The lowest BCUT2D eigenvalue weighted by atomic mass is 10.0. The van der Waals surface area contributed by atoms with Gasteiger partial charge in [-0.15, -0.1) is 0 Å². The minimum Gasteiger partial charge on any atom is -0.467 e. The van der Waals surface area contributed by atoms with Crippen LogP contribution >= 0.6 is 15.9 Å². The van der Waals surface area contributed by atoms with Gasteiger partial charge in [-0.25, -0.2) is 4.79 Å². The second-order valence-corrected chi connectivity index (χ2v) is 5.67. The summed E-state index contributed by atoms with van der Waals surface area (Å²) >= 11 is 2.93. The molecule has 8 heteroatoms. The van der Waals surface area contributed by atoms with Crippen molar-refractivity contribution < 1.29 is 27.5 Å². The Bertz CT molecular complexity index is 570. The number of benzene rings is 1. The van der Waals surface area contributed by atoms with Gasteiger partial charge in [0.1, 0.15) is 5.54 Å². The molecule has 0 aliphatic carbocycles. The van der Waals surface area contributed by atoms with Gasteiger partial charge in [-0.05, 0) is 32.0 Å². The molecular formula is C13H13BrF3NO3. The maximum Gasteiger partial charge on any atom is 0.417 e. The summed E-state index contributed by atoms with van der Waals surface area (Å²) in [7, 11) is 1.12. The van der Waals surface area contributed by atoms with Gasteiger partial charge in [-0.3, -0.25) is 4.79 Å². The highest BCUT2D eigenvalue weighted by Gasteiger charge is 2.37. The van der Waals surface area contributed by atoms with Gasteiger partial charge in [0.05, 0.1) is 18.2 Å². The monoisotopic (exact) mass is 367 g/mol. The number of ether oxygens (including phenoxy) is 1. The van der Waals surface area contributed by atoms with Gasteiger partial charge in [-0.2, -0.15) is 13.2 Å². The van der Waals surface area contributed by atoms with E-state index in [1.165, 1.54) is 19.9 Å². The van der Waals surface area contributed by atoms with Crippen molar-refractivity contribution in [3.63, 3.8) is 0 Å². The summed E-state index contributed by atoms with van der Waals surface area (Å²) in [6.07, 6.45) is -4.69. The van der Waals surface area contributed by atoms with Crippen molar-refractivity contribution in [3.8, 4) is 0 Å². The second-order valence-electron chi connectivity index (χ2n) is 4.76. The number of esters is 1. The molecule has 116 valence electrons. The third-order valence-corrected chi connectivity index (χ3v) is 3.15. The fourth-order valence-corrected chi connectivity index (χ4v) is 1.97. The Morgan fingerprint density at radius 3 is 2.29 bits per heavy atom. The summed E-state index contributed by atoms with van der Waals surface area (Å²) in [6, 6.07) is 3.16. The molecule has 0 bridgehead atoms. The van der Waals surface area contributed by atoms with Gasteiger partial charge in [0.15, 0.2) is 0 Å². The number of hydrogen-bond donors (Lipinski definition) is 1. The average Bonchev–Trinajstić information content (AvgIpc) is 2.35. The van der Waals surface area contributed by atoms with E-state index in [9.17, 15) is 22.8 Å². The van der Waals surface area contributed by atoms with Crippen LogP contribution in [0, 0.1) is 0 Å². The Kier molecular flexibility index (Phi) is 5.03. The predicted molar refractivity (Wildman–Crippen MR) is 72.7 cm³/mol. The summed E-state index contributed by atoms with van der Waals surface area (Å²) in [5.41, 5.74) is -3.10. The van der Waals surface area contributed by atoms with Crippen LogP contribution in [0.1, 0.15) is 29.8 Å². The van der Waals surface area contributed by atoms with Crippen LogP contribution in [-0.2, 0) is 15.7 Å². The Hall–Kier alpha value is -1.57. The van der Waals surface area contributed by atoms with E-state index >= 15 is 0 Å². The number of methoxy groups -OCH3 is 1. The highest BCUT2D eigenvalue weighted by Crippen LogP contribution is 2.34. The second kappa shape index (κ2) is 6.05. The number of hydrogen-bond acceptors (Lipinski definition) is 3. The van der Waals surface area contributed by atoms with Gasteiger partial charge >= 0.3 is 12.1 Å². The largest absolute Gasteiger partial charge is 0.467 e. The highest BCUT2D eigenvalue weighted by atomic mass is 79.9. The molecule has 1 aromatic carbocycles. The molecule has 1 aromatic rings. The van der Waals surface area contributed by atoms with Gasteiger partial charge in [0, 0.05) is 4.47 Å². The van der Waals surface area contributed by atoms with E-state index in [1.807, 2.05) is 0 Å². The minimum absolute atomic E-state index is 0.193. The molecular weight excluding hydrogens is 355 g/mol. The molecule has 21 heavy (non-hydrogen) atoms. The molecule has 0 unspecified atom stereocenters. The Labute approximate surface area is 127 Å². The van der Waals surface area contributed by atoms with Gasteiger partial charge < -0.3 is 10.1 Å². The topological polar surface area (TPSA) is 55.4 Å². The lowest BCUT2D eigenvalue weighted by molar-refractivity contribution is -0.146. The molecule has 1 rings (SSSR count). The van der Waals surface area contributed by atoms with Crippen LogP contribution in [0.25, 0.3) is 0 Å². The first-order chi connectivity index (χ1) is 9.49. The van der Waals surface area contributed by atoms with Gasteiger partial charge in [-0.1, -0.05) is 15.9 Å². The zero-order chi connectivity index (χ0) is 16.4. The van der Waals surface area contributed by atoms with E-state index < -0.39 is 34.7 Å². The Morgan fingerprint density at radius 1 is 1.24 bits per heavy atom. The summed E-state index contributed by atoms with van der Waals surface area (Å²) < 4.78 is 43.5. The maximum absolute atomic E-state index is 13.0. The standard InChI is InChI=1S/C13H13BrF3NO3/c1-12(2,11(20)21-3)18-10(19)8-5-4-7(14)6-9(8)13(15,16)17/h4-6H,1-3H3,(H,18,19). The molecule has 0 radical (unpaired) electrons. The maximum atomic E-state index is 13.0. The van der Waals surface area contributed by atoms with E-state index in [-0.39, 0.29) is 4.47 Å². The van der Waals surface area contributed by atoms with Crippen molar-refractivity contribution in [2.45, 2.75) is 25.6 Å². The van der Waals surface area contributed by atoms with E-state index in [4.69, 9.17) is 0 Å². The summed E-state index contributed by atoms with van der Waals surface area (Å²) in [6.45, 7) is 2.67. The molecule has 0 atom stereocenters. The fraction of sp³-hybridized carbons (Fsp3) is 0.385. The number of rotatable bonds is 3. The molecule has 0 fully saturated rings. The Balaban J connectivity index is 3.17. The first kappa shape index (κ1) is 17.5. The summed E-state index contributed by atoms with van der Waals surface area (Å²) in [5.74, 6) is -1.77. The first-order valence-electron chi connectivity index (χ1n) is 5.76. The molecule has 1 N–H and O–H groups in total. The van der Waals surface area contributed by atoms with Gasteiger partial charge in [0.25, 0.3) is 5.91 Å². The van der Waals surface area contributed by atoms with E-state index in [1.54, 1.807) is 0 Å². The zero-order valence-electron chi connectivity index (χ0n) is 11.5. The van der Waals surface area contributed by atoms with Crippen molar-refractivity contribution in [3.05, 3.63) is 33.8 Å². The number of nitrogens with one attached hydrogen (secondary N) is 1. The van der Waals surface area contributed by atoms with Crippen LogP contribution in [-0.4, -0.2) is 24.5 Å². The molecule has 0 saturated carbocycles. The molecule has 0 aliphatic heterocycles. The number of halogens is 4. The Morgan fingerprint density at radius 2 is 1.81 bits per heavy atom. The molecule has 0 aromatic heterocycles. The van der Waals surface area contributed by atoms with Crippen molar-refractivity contribution >= 4 is 27.8 Å². The normalized spacial score (nSPS) is 12.0. The smallest absolute Gasteiger partial charge is 0.417 e.